The second kappa shape index (κ2) is 8.17. The fraction of sp³-hybridized carbons (Fsp3) is 0.381. The zero-order chi connectivity index (χ0) is 17.6. The predicted molar refractivity (Wildman–Crippen MR) is 99.1 cm³/mol. The molecule has 0 radical (unpaired) electrons. The van der Waals surface area contributed by atoms with E-state index in [0.29, 0.717) is 18.7 Å². The minimum atomic E-state index is 0.215. The SMILES string of the molecule is CC[C@@H]1CN(Cc2cccc(O)c2)CCC(=O)N1Cc1ccccc1. The van der Waals surface area contributed by atoms with Crippen LogP contribution in [0.25, 0.3) is 0 Å². The van der Waals surface area contributed by atoms with E-state index in [2.05, 4.69) is 24.0 Å². The lowest BCUT2D eigenvalue weighted by atomic mass is 10.1. The van der Waals surface area contributed by atoms with Gasteiger partial charge in [0.05, 0.1) is 0 Å². The van der Waals surface area contributed by atoms with Crippen LogP contribution in [-0.4, -0.2) is 39.9 Å². The lowest BCUT2D eigenvalue weighted by Crippen LogP contribution is -2.42. The van der Waals surface area contributed by atoms with E-state index in [-0.39, 0.29) is 11.9 Å². The van der Waals surface area contributed by atoms with Gasteiger partial charge in [0, 0.05) is 38.6 Å². The molecule has 1 N–H and O–H groups in total. The maximum atomic E-state index is 12.7. The topological polar surface area (TPSA) is 43.8 Å². The van der Waals surface area contributed by atoms with Crippen LogP contribution in [0.1, 0.15) is 30.9 Å². The molecule has 1 aliphatic rings. The minimum absolute atomic E-state index is 0.215. The van der Waals surface area contributed by atoms with Gasteiger partial charge in [0.15, 0.2) is 0 Å². The second-order valence-electron chi connectivity index (χ2n) is 6.72. The van der Waals surface area contributed by atoms with Gasteiger partial charge in [0.1, 0.15) is 5.75 Å². The molecule has 0 saturated carbocycles. The number of phenols is 1. The summed E-state index contributed by atoms with van der Waals surface area (Å²) in [5.74, 6) is 0.523. The zero-order valence-corrected chi connectivity index (χ0v) is 14.8. The molecular weight excluding hydrogens is 312 g/mol. The van der Waals surface area contributed by atoms with Crippen LogP contribution in [0.15, 0.2) is 54.6 Å². The molecule has 0 spiro atoms. The normalized spacial score (nSPS) is 19.0. The molecule has 2 aromatic rings. The largest absolute Gasteiger partial charge is 0.508 e. The van der Waals surface area contributed by atoms with Gasteiger partial charge in [-0.3, -0.25) is 9.69 Å². The third kappa shape index (κ3) is 4.60. The summed E-state index contributed by atoms with van der Waals surface area (Å²) in [5, 5.41) is 9.66. The van der Waals surface area contributed by atoms with Gasteiger partial charge < -0.3 is 10.0 Å². The zero-order valence-electron chi connectivity index (χ0n) is 14.8. The summed E-state index contributed by atoms with van der Waals surface area (Å²) in [4.78, 5) is 17.1. The van der Waals surface area contributed by atoms with Gasteiger partial charge in [-0.2, -0.15) is 0 Å². The van der Waals surface area contributed by atoms with Crippen molar-refractivity contribution in [1.29, 1.82) is 0 Å². The Morgan fingerprint density at radius 1 is 1.04 bits per heavy atom. The molecule has 3 rings (SSSR count). The van der Waals surface area contributed by atoms with E-state index in [1.54, 1.807) is 12.1 Å². The van der Waals surface area contributed by atoms with Crippen molar-refractivity contribution in [2.24, 2.45) is 0 Å². The Labute approximate surface area is 149 Å². The summed E-state index contributed by atoms with van der Waals surface area (Å²) in [6, 6.07) is 17.8. The Morgan fingerprint density at radius 2 is 1.80 bits per heavy atom. The van der Waals surface area contributed by atoms with E-state index in [4.69, 9.17) is 0 Å². The molecule has 4 heteroatoms. The van der Waals surface area contributed by atoms with Crippen LogP contribution in [0.4, 0.5) is 0 Å². The number of hydrogen-bond acceptors (Lipinski definition) is 3. The molecule has 1 aliphatic heterocycles. The van der Waals surface area contributed by atoms with E-state index in [1.165, 1.54) is 5.56 Å². The van der Waals surface area contributed by atoms with Crippen molar-refractivity contribution in [2.75, 3.05) is 13.1 Å². The van der Waals surface area contributed by atoms with Crippen molar-refractivity contribution in [3.05, 3.63) is 65.7 Å². The molecular formula is C21H26N2O2. The Balaban J connectivity index is 1.72. The molecule has 25 heavy (non-hydrogen) atoms. The molecule has 0 aromatic heterocycles. The molecule has 1 saturated heterocycles. The molecule has 1 fully saturated rings. The van der Waals surface area contributed by atoms with E-state index < -0.39 is 0 Å². The summed E-state index contributed by atoms with van der Waals surface area (Å²) in [6.45, 7) is 5.21. The average molecular weight is 338 g/mol. The first-order valence-corrected chi connectivity index (χ1v) is 8.99. The summed E-state index contributed by atoms with van der Waals surface area (Å²) >= 11 is 0. The highest BCUT2D eigenvalue weighted by Crippen LogP contribution is 2.20. The summed E-state index contributed by atoms with van der Waals surface area (Å²) < 4.78 is 0. The molecule has 0 aliphatic carbocycles. The van der Waals surface area contributed by atoms with Crippen LogP contribution in [0.5, 0.6) is 5.75 Å². The van der Waals surface area contributed by atoms with Crippen LogP contribution < -0.4 is 0 Å². The van der Waals surface area contributed by atoms with Crippen LogP contribution in [0.2, 0.25) is 0 Å². The summed E-state index contributed by atoms with van der Waals surface area (Å²) in [7, 11) is 0. The third-order valence-electron chi connectivity index (χ3n) is 4.86. The van der Waals surface area contributed by atoms with Crippen LogP contribution in [0, 0.1) is 0 Å². The molecule has 1 heterocycles. The number of benzene rings is 2. The van der Waals surface area contributed by atoms with E-state index >= 15 is 0 Å². The monoisotopic (exact) mass is 338 g/mol. The highest BCUT2D eigenvalue weighted by atomic mass is 16.3. The van der Waals surface area contributed by atoms with Crippen LogP contribution in [0.3, 0.4) is 0 Å². The maximum Gasteiger partial charge on any atom is 0.224 e. The van der Waals surface area contributed by atoms with Crippen molar-refractivity contribution in [3.8, 4) is 5.75 Å². The van der Waals surface area contributed by atoms with Crippen LogP contribution in [-0.2, 0) is 17.9 Å². The molecule has 4 nitrogen and oxygen atoms in total. The Morgan fingerprint density at radius 3 is 2.52 bits per heavy atom. The van der Waals surface area contributed by atoms with Gasteiger partial charge in [-0.1, -0.05) is 49.4 Å². The number of nitrogens with zero attached hydrogens (tertiary/aromatic N) is 2. The molecule has 132 valence electrons. The van der Waals surface area contributed by atoms with E-state index in [0.717, 1.165) is 31.6 Å². The van der Waals surface area contributed by atoms with E-state index in [1.807, 2.05) is 35.2 Å². The number of amides is 1. The highest BCUT2D eigenvalue weighted by Gasteiger charge is 2.28. The third-order valence-corrected chi connectivity index (χ3v) is 4.86. The number of aromatic hydroxyl groups is 1. The minimum Gasteiger partial charge on any atom is -0.508 e. The lowest BCUT2D eigenvalue weighted by molar-refractivity contribution is -0.133. The first-order valence-electron chi connectivity index (χ1n) is 8.99. The second-order valence-corrected chi connectivity index (χ2v) is 6.72. The smallest absolute Gasteiger partial charge is 0.224 e. The fourth-order valence-electron chi connectivity index (χ4n) is 3.49. The van der Waals surface area contributed by atoms with Crippen molar-refractivity contribution < 1.29 is 9.90 Å². The lowest BCUT2D eigenvalue weighted by Gasteiger charge is -2.31. The number of phenolic OH excluding ortho intramolecular Hbond substituents is 1. The number of carbonyl (C=O) groups is 1. The molecule has 0 bridgehead atoms. The maximum absolute atomic E-state index is 12.7. The average Bonchev–Trinajstić information content (AvgIpc) is 2.76. The van der Waals surface area contributed by atoms with Crippen LogP contribution >= 0.6 is 0 Å². The van der Waals surface area contributed by atoms with Crippen molar-refractivity contribution >= 4 is 5.91 Å². The molecule has 2 aromatic carbocycles. The highest BCUT2D eigenvalue weighted by molar-refractivity contribution is 5.77. The fourth-order valence-corrected chi connectivity index (χ4v) is 3.49. The van der Waals surface area contributed by atoms with Crippen molar-refractivity contribution in [1.82, 2.24) is 9.80 Å². The van der Waals surface area contributed by atoms with Gasteiger partial charge in [0.2, 0.25) is 5.91 Å². The summed E-state index contributed by atoms with van der Waals surface area (Å²) in [5.41, 5.74) is 2.26. The van der Waals surface area contributed by atoms with Crippen molar-refractivity contribution in [2.45, 2.75) is 38.9 Å². The van der Waals surface area contributed by atoms with Crippen molar-refractivity contribution in [3.63, 3.8) is 0 Å². The number of carbonyl (C=O) groups excluding carboxylic acids is 1. The van der Waals surface area contributed by atoms with Gasteiger partial charge in [0.25, 0.3) is 0 Å². The summed E-state index contributed by atoms with van der Waals surface area (Å²) in [6.07, 6.45) is 1.48. The Bertz CT molecular complexity index is 702. The molecule has 1 amide bonds. The molecule has 0 unspecified atom stereocenters. The quantitative estimate of drug-likeness (QED) is 0.909. The predicted octanol–water partition coefficient (Wildman–Crippen LogP) is 3.41. The van der Waals surface area contributed by atoms with Gasteiger partial charge >= 0.3 is 0 Å². The van der Waals surface area contributed by atoms with E-state index in [9.17, 15) is 9.90 Å². The first-order chi connectivity index (χ1) is 12.2. The van der Waals surface area contributed by atoms with Gasteiger partial charge in [-0.15, -0.1) is 0 Å². The molecule has 1 atom stereocenters. The number of hydrogen-bond donors (Lipinski definition) is 1. The Hall–Kier alpha value is -2.33. The van der Waals surface area contributed by atoms with Gasteiger partial charge in [-0.25, -0.2) is 0 Å². The first kappa shape index (κ1) is 17.5. The number of rotatable bonds is 5. The standard InChI is InChI=1S/C21H26N2O2/c1-2-19-16-22(14-18-9-6-10-20(24)13-18)12-11-21(25)23(19)15-17-7-4-3-5-8-17/h3-10,13,19,24H,2,11-12,14-16H2,1H3/t19-/m1/s1. The van der Waals surface area contributed by atoms with Gasteiger partial charge in [-0.05, 0) is 29.7 Å². The Kier molecular flexibility index (Phi) is 5.71.